The topological polar surface area (TPSA) is 49.3 Å². The van der Waals surface area contributed by atoms with Gasteiger partial charge in [-0.15, -0.1) is 11.3 Å². The Labute approximate surface area is 136 Å². The molecule has 2 N–H and O–H groups in total. The zero-order chi connectivity index (χ0) is 15.2. The van der Waals surface area contributed by atoms with Gasteiger partial charge in [0, 0.05) is 22.7 Å². The minimum Gasteiger partial charge on any atom is -0.357 e. The zero-order valence-corrected chi connectivity index (χ0v) is 15.0. The molecule has 0 aliphatic heterocycles. The number of nitrogens with zero attached hydrogens (tertiary/aromatic N) is 2. The highest BCUT2D eigenvalue weighted by molar-refractivity contribution is 7.99. The van der Waals surface area contributed by atoms with Crippen LogP contribution in [0.5, 0.6) is 0 Å². The van der Waals surface area contributed by atoms with Gasteiger partial charge in [-0.1, -0.05) is 0 Å². The third kappa shape index (κ3) is 4.88. The van der Waals surface area contributed by atoms with Crippen molar-refractivity contribution in [1.29, 1.82) is 0 Å². The zero-order valence-electron chi connectivity index (χ0n) is 13.4. The van der Waals surface area contributed by atoms with Crippen molar-refractivity contribution in [3.05, 3.63) is 15.6 Å². The first-order valence-corrected chi connectivity index (χ1v) is 9.73. The van der Waals surface area contributed by atoms with E-state index in [0.717, 1.165) is 28.5 Å². The van der Waals surface area contributed by atoms with Crippen LogP contribution >= 0.6 is 23.1 Å². The van der Waals surface area contributed by atoms with Crippen LogP contribution in [0.15, 0.2) is 4.99 Å². The average molecular weight is 327 g/mol. The number of nitrogens with one attached hydrogen (secondary N) is 2. The standard InChI is InChI=1S/C15H26N4S2/c1-5-16-15(19-12-6-7-13(8-12)20-4)17-9-14-18-10(2)11(3)21-14/h12-13H,5-9H2,1-4H3,(H2,16,17,19). The van der Waals surface area contributed by atoms with Gasteiger partial charge in [0.05, 0.1) is 12.2 Å². The van der Waals surface area contributed by atoms with Gasteiger partial charge in [0.15, 0.2) is 5.96 Å². The molecule has 6 heteroatoms. The molecule has 0 saturated heterocycles. The van der Waals surface area contributed by atoms with E-state index >= 15 is 0 Å². The number of guanidine groups is 1. The third-order valence-electron chi connectivity index (χ3n) is 3.85. The normalized spacial score (nSPS) is 22.6. The molecule has 1 aliphatic rings. The maximum atomic E-state index is 4.69. The van der Waals surface area contributed by atoms with Crippen molar-refractivity contribution >= 4 is 29.1 Å². The highest BCUT2D eigenvalue weighted by Gasteiger charge is 2.24. The molecule has 2 unspecified atom stereocenters. The first-order chi connectivity index (χ1) is 10.1. The number of hydrogen-bond donors (Lipinski definition) is 2. The van der Waals surface area contributed by atoms with Crippen LogP contribution in [0.3, 0.4) is 0 Å². The number of thiazole rings is 1. The molecule has 1 aromatic rings. The SMILES string of the molecule is CCNC(=NCc1nc(C)c(C)s1)NC1CCC(SC)C1. The Morgan fingerprint density at radius 1 is 1.43 bits per heavy atom. The molecule has 21 heavy (non-hydrogen) atoms. The summed E-state index contributed by atoms with van der Waals surface area (Å²) in [5, 5.41) is 8.81. The predicted octanol–water partition coefficient (Wildman–Crippen LogP) is 3.10. The Morgan fingerprint density at radius 3 is 2.81 bits per heavy atom. The molecule has 1 aromatic heterocycles. The van der Waals surface area contributed by atoms with Crippen LogP contribution in [-0.4, -0.2) is 35.0 Å². The molecular weight excluding hydrogens is 300 g/mol. The molecule has 1 aliphatic carbocycles. The first kappa shape index (κ1) is 16.6. The molecule has 1 saturated carbocycles. The Kier molecular flexibility index (Phi) is 6.36. The van der Waals surface area contributed by atoms with Crippen molar-refractivity contribution in [3.8, 4) is 0 Å². The molecular formula is C15H26N4S2. The number of aromatic nitrogens is 1. The van der Waals surface area contributed by atoms with Crippen LogP contribution in [0.25, 0.3) is 0 Å². The Hall–Kier alpha value is -0.750. The lowest BCUT2D eigenvalue weighted by atomic mass is 10.2. The van der Waals surface area contributed by atoms with Crippen LogP contribution in [0.2, 0.25) is 0 Å². The lowest BCUT2D eigenvalue weighted by molar-refractivity contribution is 0.615. The van der Waals surface area contributed by atoms with Crippen molar-refractivity contribution in [2.45, 2.75) is 57.9 Å². The van der Waals surface area contributed by atoms with Crippen LogP contribution in [0.1, 0.15) is 41.8 Å². The lowest BCUT2D eigenvalue weighted by Gasteiger charge is -2.17. The van der Waals surface area contributed by atoms with Crippen LogP contribution < -0.4 is 10.6 Å². The van der Waals surface area contributed by atoms with Gasteiger partial charge < -0.3 is 10.6 Å². The maximum absolute atomic E-state index is 4.69. The summed E-state index contributed by atoms with van der Waals surface area (Å²) in [4.78, 5) is 10.5. The summed E-state index contributed by atoms with van der Waals surface area (Å²) in [5.74, 6) is 0.926. The van der Waals surface area contributed by atoms with E-state index < -0.39 is 0 Å². The monoisotopic (exact) mass is 326 g/mol. The highest BCUT2D eigenvalue weighted by Crippen LogP contribution is 2.28. The second kappa shape index (κ2) is 8.03. The highest BCUT2D eigenvalue weighted by atomic mass is 32.2. The van der Waals surface area contributed by atoms with E-state index in [1.54, 1.807) is 11.3 Å². The molecule has 4 nitrogen and oxygen atoms in total. The number of aryl methyl sites for hydroxylation is 2. The molecule has 0 spiro atoms. The minimum absolute atomic E-state index is 0.556. The Balaban J connectivity index is 1.93. The second-order valence-electron chi connectivity index (χ2n) is 5.46. The summed E-state index contributed by atoms with van der Waals surface area (Å²) < 4.78 is 0. The fraction of sp³-hybridized carbons (Fsp3) is 0.733. The van der Waals surface area contributed by atoms with Crippen LogP contribution in [0, 0.1) is 13.8 Å². The summed E-state index contributed by atoms with van der Waals surface area (Å²) in [5.41, 5.74) is 1.13. The molecule has 0 radical (unpaired) electrons. The van der Waals surface area contributed by atoms with E-state index in [1.165, 1.54) is 24.1 Å². The number of hydrogen-bond acceptors (Lipinski definition) is 4. The first-order valence-electron chi connectivity index (χ1n) is 7.63. The van der Waals surface area contributed by atoms with Crippen LogP contribution in [-0.2, 0) is 6.54 Å². The largest absolute Gasteiger partial charge is 0.357 e. The average Bonchev–Trinajstić information content (AvgIpc) is 3.04. The van der Waals surface area contributed by atoms with Crippen LogP contribution in [0.4, 0.5) is 0 Å². The molecule has 0 amide bonds. The summed E-state index contributed by atoms with van der Waals surface area (Å²) >= 11 is 3.73. The van der Waals surface area contributed by atoms with E-state index in [1.807, 2.05) is 11.8 Å². The molecule has 0 aromatic carbocycles. The third-order valence-corrected chi connectivity index (χ3v) is 6.00. The fourth-order valence-corrected chi connectivity index (χ4v) is 4.21. The Morgan fingerprint density at radius 2 is 2.24 bits per heavy atom. The number of aliphatic imine (C=N–C) groups is 1. The second-order valence-corrected chi connectivity index (χ2v) is 7.88. The van der Waals surface area contributed by atoms with Crippen molar-refractivity contribution in [3.63, 3.8) is 0 Å². The quantitative estimate of drug-likeness (QED) is 0.645. The Bertz CT molecular complexity index is 465. The van der Waals surface area contributed by atoms with Gasteiger partial charge in [-0.3, -0.25) is 0 Å². The van der Waals surface area contributed by atoms with E-state index in [2.05, 4.69) is 47.6 Å². The van der Waals surface area contributed by atoms with Gasteiger partial charge in [-0.2, -0.15) is 11.8 Å². The predicted molar refractivity (Wildman–Crippen MR) is 94.5 cm³/mol. The molecule has 2 atom stereocenters. The molecule has 118 valence electrons. The van der Waals surface area contributed by atoms with Gasteiger partial charge in [-0.25, -0.2) is 9.98 Å². The van der Waals surface area contributed by atoms with E-state index in [9.17, 15) is 0 Å². The van der Waals surface area contributed by atoms with E-state index in [-0.39, 0.29) is 0 Å². The van der Waals surface area contributed by atoms with Gasteiger partial charge in [-0.05, 0) is 46.3 Å². The smallest absolute Gasteiger partial charge is 0.191 e. The van der Waals surface area contributed by atoms with Crippen molar-refractivity contribution in [2.75, 3.05) is 12.8 Å². The van der Waals surface area contributed by atoms with Crippen molar-refractivity contribution < 1.29 is 0 Å². The lowest BCUT2D eigenvalue weighted by Crippen LogP contribution is -2.42. The van der Waals surface area contributed by atoms with Gasteiger partial charge in [0.2, 0.25) is 0 Å². The molecule has 1 fully saturated rings. The van der Waals surface area contributed by atoms with Crippen molar-refractivity contribution in [2.24, 2.45) is 4.99 Å². The summed E-state index contributed by atoms with van der Waals surface area (Å²) in [6.07, 6.45) is 6.00. The molecule has 1 heterocycles. The summed E-state index contributed by atoms with van der Waals surface area (Å²) in [6.45, 7) is 7.83. The summed E-state index contributed by atoms with van der Waals surface area (Å²) in [7, 11) is 0. The van der Waals surface area contributed by atoms with Crippen molar-refractivity contribution in [1.82, 2.24) is 15.6 Å². The van der Waals surface area contributed by atoms with Gasteiger partial charge in [0.1, 0.15) is 5.01 Å². The fourth-order valence-electron chi connectivity index (χ4n) is 2.55. The molecule has 0 bridgehead atoms. The van der Waals surface area contributed by atoms with Gasteiger partial charge >= 0.3 is 0 Å². The maximum Gasteiger partial charge on any atom is 0.191 e. The van der Waals surface area contributed by atoms with E-state index in [0.29, 0.717) is 12.6 Å². The number of thioether (sulfide) groups is 1. The minimum atomic E-state index is 0.556. The summed E-state index contributed by atoms with van der Waals surface area (Å²) in [6, 6.07) is 0.556. The van der Waals surface area contributed by atoms with Gasteiger partial charge in [0.25, 0.3) is 0 Å². The number of rotatable bonds is 5. The molecule has 2 rings (SSSR count). The van der Waals surface area contributed by atoms with E-state index in [4.69, 9.17) is 0 Å².